The minimum atomic E-state index is 0. The van der Waals surface area contributed by atoms with Crippen molar-refractivity contribution in [1.82, 2.24) is 9.88 Å². The minimum absolute atomic E-state index is 0. The highest BCUT2D eigenvalue weighted by Crippen LogP contribution is 2.16. The lowest BCUT2D eigenvalue weighted by Crippen LogP contribution is -2.40. The predicted molar refractivity (Wildman–Crippen MR) is 85.4 cm³/mol. The second kappa shape index (κ2) is 9.97. The molecule has 20 heavy (non-hydrogen) atoms. The molecule has 114 valence electrons. The second-order valence-corrected chi connectivity index (χ2v) is 4.88. The Morgan fingerprint density at radius 2 is 2.00 bits per heavy atom. The molecular weight excluding hydrogens is 297 g/mol. The lowest BCUT2D eigenvalue weighted by Gasteiger charge is -2.31. The van der Waals surface area contributed by atoms with Crippen LogP contribution in [0.5, 0.6) is 0 Å². The van der Waals surface area contributed by atoms with E-state index in [-0.39, 0.29) is 30.7 Å². The molecule has 1 aliphatic heterocycles. The zero-order valence-electron chi connectivity index (χ0n) is 11.5. The second-order valence-electron chi connectivity index (χ2n) is 4.88. The van der Waals surface area contributed by atoms with E-state index in [4.69, 9.17) is 5.73 Å². The Balaban J connectivity index is 0.00000180. The van der Waals surface area contributed by atoms with Gasteiger partial charge in [0.1, 0.15) is 0 Å². The number of hydrogen-bond donors (Lipinski definition) is 1. The zero-order valence-corrected chi connectivity index (χ0v) is 13.2. The fraction of sp³-hybridized carbons (Fsp3) is 0.571. The Hall–Kier alpha value is -0.840. The average Bonchev–Trinajstić information content (AvgIpc) is 2.46. The molecular formula is C14H23Cl2N3O. The Morgan fingerprint density at radius 3 is 2.55 bits per heavy atom. The number of aryl methyl sites for hydroxylation is 1. The third-order valence-corrected chi connectivity index (χ3v) is 3.62. The summed E-state index contributed by atoms with van der Waals surface area (Å²) in [5.41, 5.74) is 6.64. The Kier molecular flexibility index (Phi) is 9.55. The normalized spacial score (nSPS) is 15.2. The van der Waals surface area contributed by atoms with E-state index >= 15 is 0 Å². The van der Waals surface area contributed by atoms with Crippen LogP contribution in [0.2, 0.25) is 0 Å². The highest BCUT2D eigenvalue weighted by molar-refractivity contribution is 5.85. The van der Waals surface area contributed by atoms with Gasteiger partial charge in [0.25, 0.3) is 0 Å². The molecule has 0 radical (unpaired) electrons. The first-order chi connectivity index (χ1) is 8.79. The highest BCUT2D eigenvalue weighted by atomic mass is 35.5. The molecule has 0 aromatic carbocycles. The molecule has 0 unspecified atom stereocenters. The summed E-state index contributed by atoms with van der Waals surface area (Å²) in [6.45, 7) is 2.47. The van der Waals surface area contributed by atoms with Crippen LogP contribution in [0, 0.1) is 5.92 Å². The number of aromatic nitrogens is 1. The van der Waals surface area contributed by atoms with Crippen LogP contribution >= 0.6 is 24.8 Å². The molecule has 0 saturated carbocycles. The van der Waals surface area contributed by atoms with Crippen LogP contribution in [0.1, 0.15) is 25.0 Å². The number of carbonyl (C=O) groups excluding carboxylic acids is 1. The van der Waals surface area contributed by atoms with Crippen molar-refractivity contribution in [3.63, 3.8) is 0 Å². The molecule has 2 N–H and O–H groups in total. The predicted octanol–water partition coefficient (Wildman–Crippen LogP) is 2.06. The van der Waals surface area contributed by atoms with E-state index in [1.165, 1.54) is 0 Å². The van der Waals surface area contributed by atoms with E-state index < -0.39 is 0 Å². The lowest BCUT2D eigenvalue weighted by atomic mass is 9.97. The topological polar surface area (TPSA) is 59.2 Å². The molecule has 1 fully saturated rings. The van der Waals surface area contributed by atoms with E-state index in [9.17, 15) is 4.79 Å². The highest BCUT2D eigenvalue weighted by Gasteiger charge is 2.21. The van der Waals surface area contributed by atoms with Gasteiger partial charge in [-0.05, 0) is 43.9 Å². The summed E-state index contributed by atoms with van der Waals surface area (Å²) in [4.78, 5) is 18.2. The number of halogens is 2. The van der Waals surface area contributed by atoms with Gasteiger partial charge in [0.15, 0.2) is 0 Å². The fourth-order valence-corrected chi connectivity index (χ4v) is 2.36. The number of pyridine rings is 1. The zero-order chi connectivity index (χ0) is 12.8. The molecule has 1 aliphatic rings. The van der Waals surface area contributed by atoms with Crippen LogP contribution in [-0.4, -0.2) is 35.4 Å². The monoisotopic (exact) mass is 319 g/mol. The summed E-state index contributed by atoms with van der Waals surface area (Å²) >= 11 is 0. The fourth-order valence-electron chi connectivity index (χ4n) is 2.36. The van der Waals surface area contributed by atoms with Gasteiger partial charge in [0, 0.05) is 31.4 Å². The standard InChI is InChI=1S/C14H21N3O.2ClH/c15-11-12-6-9-17(10-7-12)14(18)5-4-13-3-1-2-8-16-13;;/h1-3,8,12H,4-7,9-11,15H2;2*1H. The van der Waals surface area contributed by atoms with Crippen molar-refractivity contribution in [3.05, 3.63) is 30.1 Å². The molecule has 0 spiro atoms. The average molecular weight is 320 g/mol. The van der Waals surface area contributed by atoms with E-state index in [1.54, 1.807) is 6.20 Å². The van der Waals surface area contributed by atoms with E-state index in [2.05, 4.69) is 4.98 Å². The van der Waals surface area contributed by atoms with E-state index in [0.29, 0.717) is 12.3 Å². The molecule has 1 saturated heterocycles. The van der Waals surface area contributed by atoms with E-state index in [1.807, 2.05) is 23.1 Å². The van der Waals surface area contributed by atoms with Gasteiger partial charge in [-0.2, -0.15) is 0 Å². The first-order valence-electron chi connectivity index (χ1n) is 6.67. The largest absolute Gasteiger partial charge is 0.343 e. The van der Waals surface area contributed by atoms with Crippen molar-refractivity contribution in [2.45, 2.75) is 25.7 Å². The van der Waals surface area contributed by atoms with Crippen molar-refractivity contribution in [2.75, 3.05) is 19.6 Å². The van der Waals surface area contributed by atoms with Crippen LogP contribution in [0.15, 0.2) is 24.4 Å². The maximum absolute atomic E-state index is 12.0. The van der Waals surface area contributed by atoms with Gasteiger partial charge in [-0.25, -0.2) is 0 Å². The molecule has 6 heteroatoms. The molecule has 4 nitrogen and oxygen atoms in total. The third kappa shape index (κ3) is 5.65. The van der Waals surface area contributed by atoms with Crippen LogP contribution in [0.3, 0.4) is 0 Å². The minimum Gasteiger partial charge on any atom is -0.343 e. The molecule has 1 aromatic heterocycles. The van der Waals surface area contributed by atoms with Gasteiger partial charge >= 0.3 is 0 Å². The first kappa shape index (κ1) is 19.2. The summed E-state index contributed by atoms with van der Waals surface area (Å²) < 4.78 is 0. The molecule has 2 heterocycles. The molecule has 0 atom stereocenters. The Morgan fingerprint density at radius 1 is 1.30 bits per heavy atom. The van der Waals surface area contributed by atoms with Gasteiger partial charge in [-0.1, -0.05) is 6.07 Å². The maximum atomic E-state index is 12.0. The summed E-state index contributed by atoms with van der Waals surface area (Å²) in [7, 11) is 0. The number of nitrogens with zero attached hydrogens (tertiary/aromatic N) is 2. The maximum Gasteiger partial charge on any atom is 0.222 e. The number of rotatable bonds is 4. The van der Waals surface area contributed by atoms with Crippen molar-refractivity contribution in [2.24, 2.45) is 11.7 Å². The Bertz CT molecular complexity index is 381. The number of likely N-dealkylation sites (tertiary alicyclic amines) is 1. The van der Waals surface area contributed by atoms with Crippen molar-refractivity contribution >= 4 is 30.7 Å². The summed E-state index contributed by atoms with van der Waals surface area (Å²) in [6.07, 6.45) is 5.16. The van der Waals surface area contributed by atoms with Gasteiger partial charge in [0.2, 0.25) is 5.91 Å². The molecule has 0 bridgehead atoms. The smallest absolute Gasteiger partial charge is 0.222 e. The number of amides is 1. The van der Waals surface area contributed by atoms with Crippen molar-refractivity contribution in [1.29, 1.82) is 0 Å². The third-order valence-electron chi connectivity index (χ3n) is 3.62. The molecule has 1 aromatic rings. The molecule has 2 rings (SSSR count). The molecule has 1 amide bonds. The Labute approximate surface area is 132 Å². The first-order valence-corrected chi connectivity index (χ1v) is 6.67. The van der Waals surface area contributed by atoms with E-state index in [0.717, 1.165) is 44.6 Å². The summed E-state index contributed by atoms with van der Waals surface area (Å²) in [5, 5.41) is 0. The summed E-state index contributed by atoms with van der Waals surface area (Å²) in [6, 6.07) is 5.82. The van der Waals surface area contributed by atoms with Crippen molar-refractivity contribution < 1.29 is 4.79 Å². The molecule has 0 aliphatic carbocycles. The van der Waals surface area contributed by atoms with Gasteiger partial charge < -0.3 is 10.6 Å². The van der Waals surface area contributed by atoms with Gasteiger partial charge in [0.05, 0.1) is 0 Å². The quantitative estimate of drug-likeness (QED) is 0.924. The van der Waals surface area contributed by atoms with Crippen LogP contribution in [-0.2, 0) is 11.2 Å². The lowest BCUT2D eigenvalue weighted by molar-refractivity contribution is -0.132. The number of hydrogen-bond acceptors (Lipinski definition) is 3. The van der Waals surface area contributed by atoms with Crippen LogP contribution in [0.4, 0.5) is 0 Å². The van der Waals surface area contributed by atoms with Crippen LogP contribution < -0.4 is 5.73 Å². The number of piperidine rings is 1. The number of carbonyl (C=O) groups is 1. The van der Waals surface area contributed by atoms with Gasteiger partial charge in [-0.3, -0.25) is 9.78 Å². The SMILES string of the molecule is Cl.Cl.NCC1CCN(C(=O)CCc2ccccn2)CC1. The summed E-state index contributed by atoms with van der Waals surface area (Å²) in [5.74, 6) is 0.848. The number of nitrogens with two attached hydrogens (primary N) is 1. The van der Waals surface area contributed by atoms with Crippen molar-refractivity contribution in [3.8, 4) is 0 Å². The van der Waals surface area contributed by atoms with Crippen LogP contribution in [0.25, 0.3) is 0 Å². The van der Waals surface area contributed by atoms with Gasteiger partial charge in [-0.15, -0.1) is 24.8 Å².